The SMILES string of the molecule is O=Cc1ccc(/C=C/c2ccccc2Br)cc1. The Morgan fingerprint density at radius 2 is 1.47 bits per heavy atom. The van der Waals surface area contributed by atoms with E-state index in [1.54, 1.807) is 0 Å². The Balaban J connectivity index is 2.20. The zero-order valence-corrected chi connectivity index (χ0v) is 10.7. The molecule has 0 bridgehead atoms. The molecule has 0 N–H and O–H groups in total. The second kappa shape index (κ2) is 5.60. The predicted molar refractivity (Wildman–Crippen MR) is 74.9 cm³/mol. The molecule has 0 aliphatic carbocycles. The van der Waals surface area contributed by atoms with Crippen LogP contribution >= 0.6 is 15.9 Å². The van der Waals surface area contributed by atoms with Crippen LogP contribution in [0.2, 0.25) is 0 Å². The van der Waals surface area contributed by atoms with Gasteiger partial charge in [0.2, 0.25) is 0 Å². The topological polar surface area (TPSA) is 17.1 Å². The zero-order valence-electron chi connectivity index (χ0n) is 9.14. The Hall–Kier alpha value is -1.67. The van der Waals surface area contributed by atoms with Gasteiger partial charge in [-0.05, 0) is 17.2 Å². The fourth-order valence-electron chi connectivity index (χ4n) is 1.48. The van der Waals surface area contributed by atoms with E-state index in [1.807, 2.05) is 60.7 Å². The maximum atomic E-state index is 10.5. The number of carbonyl (C=O) groups excluding carboxylic acids is 1. The number of aldehydes is 1. The highest BCUT2D eigenvalue weighted by atomic mass is 79.9. The lowest BCUT2D eigenvalue weighted by molar-refractivity contribution is 0.112. The van der Waals surface area contributed by atoms with Gasteiger partial charge in [0.05, 0.1) is 0 Å². The standard InChI is InChI=1S/C15H11BrO/c16-15-4-2-1-3-14(15)10-9-12-5-7-13(11-17)8-6-12/h1-11H/b10-9+. The van der Waals surface area contributed by atoms with E-state index in [2.05, 4.69) is 15.9 Å². The van der Waals surface area contributed by atoms with Crippen LogP contribution in [0.4, 0.5) is 0 Å². The van der Waals surface area contributed by atoms with Gasteiger partial charge in [-0.3, -0.25) is 4.79 Å². The van der Waals surface area contributed by atoms with Gasteiger partial charge in [0.1, 0.15) is 6.29 Å². The Kier molecular flexibility index (Phi) is 3.89. The first kappa shape index (κ1) is 11.8. The Morgan fingerprint density at radius 3 is 2.12 bits per heavy atom. The predicted octanol–water partition coefficient (Wildman–Crippen LogP) is 4.43. The van der Waals surface area contributed by atoms with Gasteiger partial charge in [-0.1, -0.05) is 70.5 Å². The van der Waals surface area contributed by atoms with Crippen LogP contribution in [0.1, 0.15) is 21.5 Å². The summed E-state index contributed by atoms with van der Waals surface area (Å²) in [5.74, 6) is 0. The molecular formula is C15H11BrO. The number of halogens is 1. The van der Waals surface area contributed by atoms with E-state index in [-0.39, 0.29) is 0 Å². The Bertz CT molecular complexity index is 541. The van der Waals surface area contributed by atoms with Gasteiger partial charge in [0, 0.05) is 10.0 Å². The third-order valence-electron chi connectivity index (χ3n) is 2.43. The fourth-order valence-corrected chi connectivity index (χ4v) is 1.90. The average Bonchev–Trinajstić information content (AvgIpc) is 2.38. The minimum absolute atomic E-state index is 0.697. The number of hydrogen-bond donors (Lipinski definition) is 0. The van der Waals surface area contributed by atoms with Gasteiger partial charge >= 0.3 is 0 Å². The van der Waals surface area contributed by atoms with E-state index in [0.29, 0.717) is 5.56 Å². The lowest BCUT2D eigenvalue weighted by Crippen LogP contribution is -1.79. The average molecular weight is 287 g/mol. The molecule has 0 saturated heterocycles. The molecule has 0 spiro atoms. The van der Waals surface area contributed by atoms with Gasteiger partial charge in [-0.2, -0.15) is 0 Å². The highest BCUT2D eigenvalue weighted by Crippen LogP contribution is 2.18. The van der Waals surface area contributed by atoms with Crippen molar-refractivity contribution in [2.24, 2.45) is 0 Å². The lowest BCUT2D eigenvalue weighted by atomic mass is 10.1. The lowest BCUT2D eigenvalue weighted by Gasteiger charge is -1.97. The van der Waals surface area contributed by atoms with Crippen molar-refractivity contribution in [2.75, 3.05) is 0 Å². The molecule has 0 radical (unpaired) electrons. The van der Waals surface area contributed by atoms with Crippen LogP contribution in [-0.2, 0) is 0 Å². The number of rotatable bonds is 3. The third kappa shape index (κ3) is 3.14. The summed E-state index contributed by atoms with van der Waals surface area (Å²) in [7, 11) is 0. The van der Waals surface area contributed by atoms with Gasteiger partial charge in [-0.25, -0.2) is 0 Å². The second-order valence-electron chi connectivity index (χ2n) is 3.64. The molecule has 0 heterocycles. The first-order valence-electron chi connectivity index (χ1n) is 5.27. The summed E-state index contributed by atoms with van der Waals surface area (Å²) in [5.41, 5.74) is 2.90. The van der Waals surface area contributed by atoms with Gasteiger partial charge in [-0.15, -0.1) is 0 Å². The van der Waals surface area contributed by atoms with Gasteiger partial charge in [0.25, 0.3) is 0 Å². The number of benzene rings is 2. The number of carbonyl (C=O) groups is 1. The summed E-state index contributed by atoms with van der Waals surface area (Å²) >= 11 is 3.50. The molecule has 2 heteroatoms. The van der Waals surface area contributed by atoms with Gasteiger partial charge < -0.3 is 0 Å². The van der Waals surface area contributed by atoms with Gasteiger partial charge in [0.15, 0.2) is 0 Å². The van der Waals surface area contributed by atoms with Crippen LogP contribution in [0, 0.1) is 0 Å². The summed E-state index contributed by atoms with van der Waals surface area (Å²) in [6.45, 7) is 0. The zero-order chi connectivity index (χ0) is 12.1. The molecule has 0 atom stereocenters. The van der Waals surface area contributed by atoms with E-state index >= 15 is 0 Å². The van der Waals surface area contributed by atoms with Crippen molar-refractivity contribution in [3.63, 3.8) is 0 Å². The Morgan fingerprint density at radius 1 is 0.824 bits per heavy atom. The van der Waals surface area contributed by atoms with E-state index in [0.717, 1.165) is 21.9 Å². The maximum absolute atomic E-state index is 10.5. The second-order valence-corrected chi connectivity index (χ2v) is 4.49. The van der Waals surface area contributed by atoms with Crippen molar-refractivity contribution < 1.29 is 4.79 Å². The molecule has 0 fully saturated rings. The molecule has 2 aromatic rings. The van der Waals surface area contributed by atoms with Crippen molar-refractivity contribution in [3.05, 3.63) is 69.7 Å². The highest BCUT2D eigenvalue weighted by molar-refractivity contribution is 9.10. The van der Waals surface area contributed by atoms with Crippen LogP contribution in [0.15, 0.2) is 53.0 Å². The normalized spacial score (nSPS) is 10.6. The summed E-state index contributed by atoms with van der Waals surface area (Å²) in [6.07, 6.45) is 4.91. The van der Waals surface area contributed by atoms with E-state index in [9.17, 15) is 4.79 Å². The minimum atomic E-state index is 0.697. The molecule has 1 nitrogen and oxygen atoms in total. The molecule has 0 aliphatic rings. The molecule has 0 aliphatic heterocycles. The minimum Gasteiger partial charge on any atom is -0.298 e. The summed E-state index contributed by atoms with van der Waals surface area (Å²) < 4.78 is 1.07. The summed E-state index contributed by atoms with van der Waals surface area (Å²) in [4.78, 5) is 10.5. The van der Waals surface area contributed by atoms with E-state index in [4.69, 9.17) is 0 Å². The maximum Gasteiger partial charge on any atom is 0.150 e. The molecule has 2 aromatic carbocycles. The molecule has 84 valence electrons. The molecule has 0 saturated carbocycles. The third-order valence-corrected chi connectivity index (χ3v) is 3.16. The quantitative estimate of drug-likeness (QED) is 0.603. The van der Waals surface area contributed by atoms with Crippen LogP contribution in [0.25, 0.3) is 12.2 Å². The fraction of sp³-hybridized carbons (Fsp3) is 0. The van der Waals surface area contributed by atoms with Crippen molar-refractivity contribution in [3.8, 4) is 0 Å². The molecule has 17 heavy (non-hydrogen) atoms. The first-order valence-corrected chi connectivity index (χ1v) is 6.07. The van der Waals surface area contributed by atoms with E-state index in [1.165, 1.54) is 0 Å². The molecule has 2 rings (SSSR count). The number of hydrogen-bond acceptors (Lipinski definition) is 1. The van der Waals surface area contributed by atoms with Crippen LogP contribution in [0.5, 0.6) is 0 Å². The summed E-state index contributed by atoms with van der Waals surface area (Å²) in [6, 6.07) is 15.5. The van der Waals surface area contributed by atoms with Crippen LogP contribution in [-0.4, -0.2) is 6.29 Å². The smallest absolute Gasteiger partial charge is 0.150 e. The van der Waals surface area contributed by atoms with Crippen molar-refractivity contribution in [1.29, 1.82) is 0 Å². The van der Waals surface area contributed by atoms with Crippen molar-refractivity contribution in [1.82, 2.24) is 0 Å². The highest BCUT2D eigenvalue weighted by Gasteiger charge is 1.93. The van der Waals surface area contributed by atoms with E-state index < -0.39 is 0 Å². The monoisotopic (exact) mass is 286 g/mol. The molecule has 0 unspecified atom stereocenters. The van der Waals surface area contributed by atoms with Crippen LogP contribution in [0.3, 0.4) is 0 Å². The largest absolute Gasteiger partial charge is 0.298 e. The van der Waals surface area contributed by atoms with Crippen molar-refractivity contribution in [2.45, 2.75) is 0 Å². The summed E-state index contributed by atoms with van der Waals surface area (Å²) in [5, 5.41) is 0. The Labute approximate surface area is 109 Å². The molecule has 0 aromatic heterocycles. The first-order chi connectivity index (χ1) is 8.29. The molecular weight excluding hydrogens is 276 g/mol. The van der Waals surface area contributed by atoms with Crippen LogP contribution < -0.4 is 0 Å². The molecule has 0 amide bonds. The van der Waals surface area contributed by atoms with Crippen molar-refractivity contribution >= 4 is 34.4 Å².